The van der Waals surface area contributed by atoms with Crippen molar-refractivity contribution in [2.45, 2.75) is 19.9 Å². The minimum Gasteiger partial charge on any atom is -0.367 e. The predicted molar refractivity (Wildman–Crippen MR) is 135 cm³/mol. The number of benzene rings is 2. The summed E-state index contributed by atoms with van der Waals surface area (Å²) in [5, 5.41) is 5.48. The number of para-hydroxylation sites is 1. The molecule has 1 aliphatic heterocycles. The van der Waals surface area contributed by atoms with Crippen molar-refractivity contribution in [3.63, 3.8) is 0 Å². The minimum absolute atomic E-state index is 0.163. The Morgan fingerprint density at radius 2 is 1.77 bits per heavy atom. The third-order valence-corrected chi connectivity index (χ3v) is 6.31. The number of hydrogen-bond acceptors (Lipinski definition) is 5. The summed E-state index contributed by atoms with van der Waals surface area (Å²) in [5.41, 5.74) is 4.14. The highest BCUT2D eigenvalue weighted by Crippen LogP contribution is 2.25. The first kappa shape index (κ1) is 24.3. The molecule has 1 atom stereocenters. The third-order valence-electron chi connectivity index (χ3n) is 6.31. The SMILES string of the molecule is Cc1ccc(NC(=O)C(=O)NCC(c2cccnc2)N2CCN(c3ccccc3F)CC2)c(C)c1. The maximum atomic E-state index is 14.2. The molecule has 0 saturated carbocycles. The van der Waals surface area contributed by atoms with E-state index in [0.29, 0.717) is 37.6 Å². The molecule has 1 aliphatic rings. The van der Waals surface area contributed by atoms with Gasteiger partial charge in [-0.15, -0.1) is 0 Å². The van der Waals surface area contributed by atoms with Gasteiger partial charge in [0.1, 0.15) is 5.82 Å². The highest BCUT2D eigenvalue weighted by molar-refractivity contribution is 6.39. The number of pyridine rings is 1. The van der Waals surface area contributed by atoms with Crippen LogP contribution in [0, 0.1) is 19.7 Å². The van der Waals surface area contributed by atoms with Crippen LogP contribution < -0.4 is 15.5 Å². The molecule has 1 fully saturated rings. The number of nitrogens with zero attached hydrogens (tertiary/aromatic N) is 3. The number of hydrogen-bond donors (Lipinski definition) is 2. The van der Waals surface area contributed by atoms with Crippen LogP contribution in [-0.2, 0) is 9.59 Å². The van der Waals surface area contributed by atoms with E-state index in [1.165, 1.54) is 6.07 Å². The van der Waals surface area contributed by atoms with Crippen LogP contribution in [0.2, 0.25) is 0 Å². The number of rotatable bonds is 6. The Balaban J connectivity index is 1.40. The van der Waals surface area contributed by atoms with Gasteiger partial charge in [-0.2, -0.15) is 0 Å². The molecule has 0 bridgehead atoms. The van der Waals surface area contributed by atoms with E-state index < -0.39 is 11.8 Å². The maximum Gasteiger partial charge on any atom is 0.313 e. The van der Waals surface area contributed by atoms with Crippen LogP contribution in [-0.4, -0.2) is 54.4 Å². The Bertz CT molecular complexity index is 1180. The molecule has 0 aliphatic carbocycles. The average molecular weight is 476 g/mol. The van der Waals surface area contributed by atoms with Crippen molar-refractivity contribution in [1.82, 2.24) is 15.2 Å². The number of piperazine rings is 1. The zero-order valence-corrected chi connectivity index (χ0v) is 20.0. The molecule has 0 spiro atoms. The molecule has 0 radical (unpaired) electrons. The van der Waals surface area contributed by atoms with Gasteiger partial charge in [-0.3, -0.25) is 19.5 Å². The molecular formula is C27H30FN5O2. The second-order valence-corrected chi connectivity index (χ2v) is 8.76. The lowest BCUT2D eigenvalue weighted by Crippen LogP contribution is -2.50. The first-order valence-corrected chi connectivity index (χ1v) is 11.7. The van der Waals surface area contributed by atoms with Crippen molar-refractivity contribution in [2.24, 2.45) is 0 Å². The summed E-state index contributed by atoms with van der Waals surface area (Å²) in [6.07, 6.45) is 3.47. The molecule has 2 N–H and O–H groups in total. The van der Waals surface area contributed by atoms with Crippen molar-refractivity contribution >= 4 is 23.2 Å². The lowest BCUT2D eigenvalue weighted by atomic mass is 10.1. The molecule has 8 heteroatoms. The van der Waals surface area contributed by atoms with E-state index in [0.717, 1.165) is 16.7 Å². The lowest BCUT2D eigenvalue weighted by Gasteiger charge is -2.40. The van der Waals surface area contributed by atoms with Crippen LogP contribution in [0.5, 0.6) is 0 Å². The van der Waals surface area contributed by atoms with Gasteiger partial charge in [0, 0.05) is 50.8 Å². The number of nitrogens with one attached hydrogen (secondary N) is 2. The summed E-state index contributed by atoms with van der Waals surface area (Å²) in [5.74, 6) is -1.62. The number of amides is 2. The summed E-state index contributed by atoms with van der Waals surface area (Å²) in [4.78, 5) is 33.6. The molecule has 1 aromatic heterocycles. The molecule has 2 heterocycles. The van der Waals surface area contributed by atoms with E-state index in [9.17, 15) is 14.0 Å². The van der Waals surface area contributed by atoms with E-state index in [1.54, 1.807) is 30.6 Å². The monoisotopic (exact) mass is 475 g/mol. The largest absolute Gasteiger partial charge is 0.367 e. The molecule has 2 amide bonds. The highest BCUT2D eigenvalue weighted by Gasteiger charge is 2.27. The van der Waals surface area contributed by atoms with Crippen LogP contribution >= 0.6 is 0 Å². The summed E-state index contributed by atoms with van der Waals surface area (Å²) in [6, 6.07) is 16.1. The first-order valence-electron chi connectivity index (χ1n) is 11.7. The molecule has 3 aromatic rings. The number of aryl methyl sites for hydroxylation is 2. The number of aromatic nitrogens is 1. The van der Waals surface area contributed by atoms with Gasteiger partial charge in [0.2, 0.25) is 0 Å². The van der Waals surface area contributed by atoms with Crippen molar-refractivity contribution < 1.29 is 14.0 Å². The normalized spacial score (nSPS) is 14.9. The maximum absolute atomic E-state index is 14.2. The summed E-state index contributed by atoms with van der Waals surface area (Å²) >= 11 is 0. The fourth-order valence-electron chi connectivity index (χ4n) is 4.42. The van der Waals surface area contributed by atoms with Crippen molar-refractivity contribution in [2.75, 3.05) is 42.9 Å². The van der Waals surface area contributed by atoms with Gasteiger partial charge in [0.25, 0.3) is 0 Å². The molecule has 1 saturated heterocycles. The Hall–Kier alpha value is -3.78. The molecule has 4 rings (SSSR count). The molecule has 7 nitrogen and oxygen atoms in total. The van der Waals surface area contributed by atoms with E-state index in [1.807, 2.05) is 49.1 Å². The molecule has 1 unspecified atom stereocenters. The van der Waals surface area contributed by atoms with Gasteiger partial charge in [-0.05, 0) is 49.2 Å². The quantitative estimate of drug-likeness (QED) is 0.534. The number of carbonyl (C=O) groups is 2. The number of anilines is 2. The Kier molecular flexibility index (Phi) is 7.72. The standard InChI is InChI=1S/C27H30FN5O2/c1-19-9-10-23(20(2)16-19)31-27(35)26(34)30-18-25(21-6-5-11-29-17-21)33-14-12-32(13-15-33)24-8-4-3-7-22(24)28/h3-11,16-17,25H,12-15,18H2,1-2H3,(H,30,34)(H,31,35). The zero-order valence-electron chi connectivity index (χ0n) is 20.0. The van der Waals surface area contributed by atoms with Crippen molar-refractivity contribution in [3.8, 4) is 0 Å². The Labute approximate surface area is 205 Å². The fraction of sp³-hybridized carbons (Fsp3) is 0.296. The van der Waals surface area contributed by atoms with E-state index in [-0.39, 0.29) is 18.4 Å². The van der Waals surface area contributed by atoms with Gasteiger partial charge in [-0.25, -0.2) is 4.39 Å². The smallest absolute Gasteiger partial charge is 0.313 e. The van der Waals surface area contributed by atoms with Crippen LogP contribution in [0.1, 0.15) is 22.7 Å². The first-order chi connectivity index (χ1) is 16.9. The summed E-state index contributed by atoms with van der Waals surface area (Å²) in [6.45, 7) is 6.78. The van der Waals surface area contributed by atoms with Crippen LogP contribution in [0.15, 0.2) is 67.0 Å². The highest BCUT2D eigenvalue weighted by atomic mass is 19.1. The third kappa shape index (κ3) is 6.02. The van der Waals surface area contributed by atoms with Crippen molar-refractivity contribution in [3.05, 3.63) is 89.5 Å². The van der Waals surface area contributed by atoms with Gasteiger partial charge in [0.15, 0.2) is 0 Å². The van der Waals surface area contributed by atoms with Crippen LogP contribution in [0.3, 0.4) is 0 Å². The van der Waals surface area contributed by atoms with Crippen LogP contribution in [0.25, 0.3) is 0 Å². The number of halogens is 1. The second-order valence-electron chi connectivity index (χ2n) is 8.76. The second kappa shape index (κ2) is 11.1. The topological polar surface area (TPSA) is 77.6 Å². The molecule has 35 heavy (non-hydrogen) atoms. The summed E-state index contributed by atoms with van der Waals surface area (Å²) in [7, 11) is 0. The van der Waals surface area contributed by atoms with Crippen molar-refractivity contribution in [1.29, 1.82) is 0 Å². The molecule has 182 valence electrons. The lowest BCUT2D eigenvalue weighted by molar-refractivity contribution is -0.136. The molecule has 2 aromatic carbocycles. The zero-order chi connectivity index (χ0) is 24.8. The van der Waals surface area contributed by atoms with Gasteiger partial charge in [0.05, 0.1) is 11.7 Å². The van der Waals surface area contributed by atoms with Crippen LogP contribution in [0.4, 0.5) is 15.8 Å². The predicted octanol–water partition coefficient (Wildman–Crippen LogP) is 3.46. The van der Waals surface area contributed by atoms with Gasteiger partial charge < -0.3 is 15.5 Å². The van der Waals surface area contributed by atoms with Gasteiger partial charge in [-0.1, -0.05) is 35.9 Å². The van der Waals surface area contributed by atoms with Gasteiger partial charge >= 0.3 is 11.8 Å². The minimum atomic E-state index is -0.703. The fourth-order valence-corrected chi connectivity index (χ4v) is 4.42. The average Bonchev–Trinajstić information content (AvgIpc) is 2.87. The molecular weight excluding hydrogens is 445 g/mol. The Morgan fingerprint density at radius 1 is 1.00 bits per heavy atom. The Morgan fingerprint density at radius 3 is 2.46 bits per heavy atom. The van der Waals surface area contributed by atoms with E-state index >= 15 is 0 Å². The number of carbonyl (C=O) groups excluding carboxylic acids is 2. The summed E-state index contributed by atoms with van der Waals surface area (Å²) < 4.78 is 14.2. The van der Waals surface area contributed by atoms with E-state index in [2.05, 4.69) is 20.5 Å². The van der Waals surface area contributed by atoms with E-state index in [4.69, 9.17) is 0 Å².